The van der Waals surface area contributed by atoms with Crippen LogP contribution >= 0.6 is 11.8 Å². The smallest absolute Gasteiger partial charge is 0.308 e. The van der Waals surface area contributed by atoms with Gasteiger partial charge in [-0.15, -0.1) is 11.8 Å². The maximum absolute atomic E-state index is 11.9. The molecule has 0 spiro atoms. The fourth-order valence-electron chi connectivity index (χ4n) is 1.66. The van der Waals surface area contributed by atoms with Gasteiger partial charge in [-0.3, -0.25) is 9.59 Å². The monoisotopic (exact) mass is 281 g/mol. The van der Waals surface area contributed by atoms with Crippen LogP contribution in [0, 0.1) is 11.8 Å². The van der Waals surface area contributed by atoms with Crippen LogP contribution in [-0.4, -0.2) is 29.8 Å². The maximum atomic E-state index is 11.9. The number of amides is 1. The highest BCUT2D eigenvalue weighted by atomic mass is 32.2. The molecule has 0 aliphatic heterocycles. The van der Waals surface area contributed by atoms with Gasteiger partial charge in [-0.1, -0.05) is 13.8 Å². The van der Waals surface area contributed by atoms with Crippen LogP contribution in [0.15, 0.2) is 29.2 Å². The normalized spacial score (nSPS) is 12.2. The maximum Gasteiger partial charge on any atom is 0.308 e. The molecule has 0 bridgehead atoms. The lowest BCUT2D eigenvalue weighted by Gasteiger charge is -2.16. The Bertz CT molecular complexity index is 443. The minimum atomic E-state index is -0.881. The van der Waals surface area contributed by atoms with Crippen molar-refractivity contribution in [2.75, 3.05) is 12.8 Å². The molecule has 1 atom stereocenters. The molecule has 0 saturated carbocycles. The Morgan fingerprint density at radius 3 is 2.26 bits per heavy atom. The molecule has 2 N–H and O–H groups in total. The van der Waals surface area contributed by atoms with Crippen molar-refractivity contribution in [3.8, 4) is 0 Å². The summed E-state index contributed by atoms with van der Waals surface area (Å²) in [6.07, 6.45) is 1.97. The highest BCUT2D eigenvalue weighted by Crippen LogP contribution is 2.15. The summed E-state index contributed by atoms with van der Waals surface area (Å²) in [6.45, 7) is 3.81. The predicted molar refractivity (Wildman–Crippen MR) is 76.5 cm³/mol. The summed E-state index contributed by atoms with van der Waals surface area (Å²) in [6, 6.07) is 7.23. The summed E-state index contributed by atoms with van der Waals surface area (Å²) in [5.41, 5.74) is 0.547. The fourth-order valence-corrected chi connectivity index (χ4v) is 2.06. The average molecular weight is 281 g/mol. The third-order valence-electron chi connectivity index (χ3n) is 2.96. The molecule has 0 heterocycles. The van der Waals surface area contributed by atoms with E-state index in [4.69, 9.17) is 5.11 Å². The number of nitrogens with one attached hydrogen (secondary N) is 1. The number of hydrogen-bond acceptors (Lipinski definition) is 3. The Morgan fingerprint density at radius 1 is 1.26 bits per heavy atom. The standard InChI is InChI=1S/C14H19NO3S/c1-9(2)12(14(17)18)8-15-13(16)10-4-6-11(19-3)7-5-10/h4-7,9,12H,8H2,1-3H3,(H,15,16)(H,17,18). The first-order chi connectivity index (χ1) is 8.95. The minimum Gasteiger partial charge on any atom is -0.481 e. The second-order valence-electron chi connectivity index (χ2n) is 4.63. The van der Waals surface area contributed by atoms with E-state index in [9.17, 15) is 9.59 Å². The van der Waals surface area contributed by atoms with E-state index in [2.05, 4.69) is 5.32 Å². The molecule has 104 valence electrons. The van der Waals surface area contributed by atoms with E-state index >= 15 is 0 Å². The van der Waals surface area contributed by atoms with Gasteiger partial charge in [0.25, 0.3) is 5.91 Å². The van der Waals surface area contributed by atoms with E-state index < -0.39 is 11.9 Å². The lowest BCUT2D eigenvalue weighted by Crippen LogP contribution is -2.35. The Labute approximate surface area is 117 Å². The van der Waals surface area contributed by atoms with Gasteiger partial charge in [0.15, 0.2) is 0 Å². The van der Waals surface area contributed by atoms with Gasteiger partial charge in [0, 0.05) is 17.0 Å². The zero-order valence-corrected chi connectivity index (χ0v) is 12.2. The molecule has 1 rings (SSSR count). The number of thioether (sulfide) groups is 1. The SMILES string of the molecule is CSc1ccc(C(=O)NCC(C(=O)O)C(C)C)cc1. The van der Waals surface area contributed by atoms with Crippen molar-refractivity contribution in [2.45, 2.75) is 18.7 Å². The molecular weight excluding hydrogens is 262 g/mol. The van der Waals surface area contributed by atoms with Gasteiger partial charge in [-0.2, -0.15) is 0 Å². The van der Waals surface area contributed by atoms with Gasteiger partial charge in [0.1, 0.15) is 0 Å². The molecule has 0 radical (unpaired) electrons. The fraction of sp³-hybridized carbons (Fsp3) is 0.429. The average Bonchev–Trinajstić information content (AvgIpc) is 2.38. The van der Waals surface area contributed by atoms with Crippen LogP contribution in [0.3, 0.4) is 0 Å². The van der Waals surface area contributed by atoms with Gasteiger partial charge in [0.05, 0.1) is 5.92 Å². The quantitative estimate of drug-likeness (QED) is 0.786. The van der Waals surface area contributed by atoms with Crippen LogP contribution in [0.4, 0.5) is 0 Å². The lowest BCUT2D eigenvalue weighted by atomic mass is 9.96. The van der Waals surface area contributed by atoms with E-state index in [0.717, 1.165) is 4.90 Å². The van der Waals surface area contributed by atoms with Crippen LogP contribution in [0.5, 0.6) is 0 Å². The predicted octanol–water partition coefficient (Wildman–Crippen LogP) is 2.50. The first-order valence-corrected chi connectivity index (χ1v) is 7.33. The summed E-state index contributed by atoms with van der Waals surface area (Å²) in [5.74, 6) is -1.70. The van der Waals surface area contributed by atoms with Crippen molar-refractivity contribution in [3.63, 3.8) is 0 Å². The number of aliphatic carboxylic acids is 1. The third-order valence-corrected chi connectivity index (χ3v) is 3.70. The van der Waals surface area contributed by atoms with E-state index in [1.54, 1.807) is 23.9 Å². The largest absolute Gasteiger partial charge is 0.481 e. The number of benzene rings is 1. The van der Waals surface area contributed by atoms with Crippen molar-refractivity contribution in [2.24, 2.45) is 11.8 Å². The number of rotatable bonds is 6. The van der Waals surface area contributed by atoms with Gasteiger partial charge in [0.2, 0.25) is 0 Å². The molecule has 1 amide bonds. The van der Waals surface area contributed by atoms with Crippen molar-refractivity contribution < 1.29 is 14.7 Å². The molecule has 19 heavy (non-hydrogen) atoms. The van der Waals surface area contributed by atoms with Gasteiger partial charge >= 0.3 is 5.97 Å². The molecular formula is C14H19NO3S. The summed E-state index contributed by atoms with van der Waals surface area (Å²) in [5, 5.41) is 11.7. The Kier molecular flexibility index (Phi) is 5.89. The molecule has 1 aromatic carbocycles. The summed E-state index contributed by atoms with van der Waals surface area (Å²) in [7, 11) is 0. The minimum absolute atomic E-state index is 0.0170. The molecule has 0 aliphatic carbocycles. The summed E-state index contributed by atoms with van der Waals surface area (Å²) >= 11 is 1.61. The third kappa shape index (κ3) is 4.59. The number of carboxylic acids is 1. The van der Waals surface area contributed by atoms with E-state index in [1.165, 1.54) is 0 Å². The first-order valence-electron chi connectivity index (χ1n) is 6.10. The van der Waals surface area contributed by atoms with Crippen molar-refractivity contribution in [3.05, 3.63) is 29.8 Å². The van der Waals surface area contributed by atoms with Gasteiger partial charge < -0.3 is 10.4 Å². The zero-order valence-electron chi connectivity index (χ0n) is 11.3. The summed E-state index contributed by atoms with van der Waals surface area (Å²) < 4.78 is 0. The molecule has 1 aromatic rings. The highest BCUT2D eigenvalue weighted by molar-refractivity contribution is 7.98. The number of hydrogen-bond donors (Lipinski definition) is 2. The molecule has 0 saturated heterocycles. The molecule has 5 heteroatoms. The molecule has 1 unspecified atom stereocenters. The second-order valence-corrected chi connectivity index (χ2v) is 5.51. The van der Waals surface area contributed by atoms with E-state index in [1.807, 2.05) is 32.2 Å². The van der Waals surface area contributed by atoms with Crippen LogP contribution < -0.4 is 5.32 Å². The van der Waals surface area contributed by atoms with Crippen molar-refractivity contribution >= 4 is 23.6 Å². The molecule has 4 nitrogen and oxygen atoms in total. The van der Waals surface area contributed by atoms with E-state index in [-0.39, 0.29) is 18.4 Å². The Morgan fingerprint density at radius 2 is 1.84 bits per heavy atom. The van der Waals surface area contributed by atoms with Crippen molar-refractivity contribution in [1.82, 2.24) is 5.32 Å². The number of carbonyl (C=O) groups excluding carboxylic acids is 1. The lowest BCUT2D eigenvalue weighted by molar-refractivity contribution is -0.142. The molecule has 0 aliphatic rings. The zero-order chi connectivity index (χ0) is 14.4. The van der Waals surface area contributed by atoms with Crippen molar-refractivity contribution in [1.29, 1.82) is 0 Å². The van der Waals surface area contributed by atoms with Crippen LogP contribution in [0.1, 0.15) is 24.2 Å². The topological polar surface area (TPSA) is 66.4 Å². The second kappa shape index (κ2) is 7.19. The van der Waals surface area contributed by atoms with Crippen LogP contribution in [0.2, 0.25) is 0 Å². The number of carbonyl (C=O) groups is 2. The number of carboxylic acid groups (broad SMARTS) is 1. The Hall–Kier alpha value is -1.49. The first kappa shape index (κ1) is 15.6. The van der Waals surface area contributed by atoms with Crippen LogP contribution in [-0.2, 0) is 4.79 Å². The summed E-state index contributed by atoms with van der Waals surface area (Å²) in [4.78, 5) is 24.0. The van der Waals surface area contributed by atoms with Gasteiger partial charge in [-0.25, -0.2) is 0 Å². The molecule has 0 aromatic heterocycles. The Balaban J connectivity index is 2.61. The van der Waals surface area contributed by atoms with E-state index in [0.29, 0.717) is 5.56 Å². The van der Waals surface area contributed by atoms with Crippen LogP contribution in [0.25, 0.3) is 0 Å². The van der Waals surface area contributed by atoms with Gasteiger partial charge in [-0.05, 0) is 36.4 Å². The highest BCUT2D eigenvalue weighted by Gasteiger charge is 2.22. The molecule has 0 fully saturated rings.